The second-order valence-electron chi connectivity index (χ2n) is 4.03. The molecule has 0 radical (unpaired) electrons. The Hall–Kier alpha value is -1.37. The van der Waals surface area contributed by atoms with Crippen molar-refractivity contribution in [2.75, 3.05) is 19.9 Å². The summed E-state index contributed by atoms with van der Waals surface area (Å²) in [6.07, 6.45) is 0.672. The summed E-state index contributed by atoms with van der Waals surface area (Å²) in [6.45, 7) is 0.148. The maximum absolute atomic E-state index is 11.1. The van der Waals surface area contributed by atoms with Gasteiger partial charge in [-0.2, -0.15) is 0 Å². The van der Waals surface area contributed by atoms with E-state index in [4.69, 9.17) is 9.15 Å². The van der Waals surface area contributed by atoms with Crippen molar-refractivity contribution in [2.24, 2.45) is 0 Å². The Kier molecular flexibility index (Phi) is 3.70. The van der Waals surface area contributed by atoms with Crippen molar-refractivity contribution in [1.29, 1.82) is 0 Å². The molecule has 5 nitrogen and oxygen atoms in total. The normalized spacial score (nSPS) is 13.9. The highest BCUT2D eigenvalue weighted by atomic mass is 32.2. The molecule has 0 aliphatic rings. The number of para-hydroxylation sites is 1. The van der Waals surface area contributed by atoms with Crippen LogP contribution >= 0.6 is 0 Å². The van der Waals surface area contributed by atoms with Gasteiger partial charge >= 0.3 is 0 Å². The monoisotopic (exact) mass is 269 g/mol. The maximum Gasteiger partial charge on any atom is 0.208 e. The second-order valence-corrected chi connectivity index (χ2v) is 5.86. The maximum atomic E-state index is 11.1. The Labute approximate surface area is 106 Å². The molecule has 2 aromatic rings. The number of furan rings is 1. The molecule has 18 heavy (non-hydrogen) atoms. The topological polar surface area (TPSA) is 68.5 Å². The average molecular weight is 269 g/mol. The number of hydrogen-bond acceptors (Lipinski definition) is 4. The number of sulfonamides is 1. The summed E-state index contributed by atoms with van der Waals surface area (Å²) in [5, 5.41) is 0.967. The molecular formula is C12H15NO4S. The average Bonchev–Trinajstić information content (AvgIpc) is 2.71. The molecule has 98 valence electrons. The van der Waals surface area contributed by atoms with E-state index in [1.165, 1.54) is 7.11 Å². The zero-order valence-electron chi connectivity index (χ0n) is 10.2. The van der Waals surface area contributed by atoms with Gasteiger partial charge in [0.15, 0.2) is 0 Å². The van der Waals surface area contributed by atoms with E-state index in [0.29, 0.717) is 5.76 Å². The zero-order valence-corrected chi connectivity index (χ0v) is 11.0. The zero-order chi connectivity index (χ0) is 13.2. The van der Waals surface area contributed by atoms with Gasteiger partial charge in [0.25, 0.3) is 0 Å². The van der Waals surface area contributed by atoms with Crippen molar-refractivity contribution in [2.45, 2.75) is 6.10 Å². The van der Waals surface area contributed by atoms with Crippen molar-refractivity contribution in [3.8, 4) is 0 Å². The minimum absolute atomic E-state index is 0.148. The minimum Gasteiger partial charge on any atom is -0.458 e. The Bertz CT molecular complexity index is 599. The second kappa shape index (κ2) is 5.09. The number of hydrogen-bond donors (Lipinski definition) is 1. The molecule has 0 fully saturated rings. The number of ether oxygens (including phenoxy) is 1. The first-order chi connectivity index (χ1) is 8.49. The Morgan fingerprint density at radius 2 is 2.11 bits per heavy atom. The highest BCUT2D eigenvalue weighted by Crippen LogP contribution is 2.25. The lowest BCUT2D eigenvalue weighted by Crippen LogP contribution is -2.27. The molecule has 0 saturated carbocycles. The molecule has 1 atom stereocenters. The highest BCUT2D eigenvalue weighted by molar-refractivity contribution is 7.88. The van der Waals surface area contributed by atoms with Crippen LogP contribution in [-0.4, -0.2) is 28.3 Å². The van der Waals surface area contributed by atoms with E-state index in [-0.39, 0.29) is 6.54 Å². The minimum atomic E-state index is -3.24. The van der Waals surface area contributed by atoms with Crippen LogP contribution in [0.15, 0.2) is 34.7 Å². The highest BCUT2D eigenvalue weighted by Gasteiger charge is 2.17. The summed E-state index contributed by atoms with van der Waals surface area (Å²) in [7, 11) is -1.72. The third-order valence-electron chi connectivity index (χ3n) is 2.58. The number of nitrogens with one attached hydrogen (secondary N) is 1. The van der Waals surface area contributed by atoms with E-state index < -0.39 is 16.1 Å². The van der Waals surface area contributed by atoms with Gasteiger partial charge < -0.3 is 9.15 Å². The van der Waals surface area contributed by atoms with Gasteiger partial charge in [-0.15, -0.1) is 0 Å². The van der Waals surface area contributed by atoms with Crippen LogP contribution in [0.4, 0.5) is 0 Å². The van der Waals surface area contributed by atoms with Crippen LogP contribution in [0.3, 0.4) is 0 Å². The lowest BCUT2D eigenvalue weighted by molar-refractivity contribution is 0.0894. The third kappa shape index (κ3) is 3.10. The van der Waals surface area contributed by atoms with Crippen molar-refractivity contribution in [3.05, 3.63) is 36.1 Å². The molecule has 1 unspecified atom stereocenters. The van der Waals surface area contributed by atoms with Gasteiger partial charge in [0.1, 0.15) is 17.4 Å². The van der Waals surface area contributed by atoms with Crippen LogP contribution in [0.5, 0.6) is 0 Å². The molecule has 1 N–H and O–H groups in total. The fourth-order valence-electron chi connectivity index (χ4n) is 1.69. The third-order valence-corrected chi connectivity index (χ3v) is 3.27. The smallest absolute Gasteiger partial charge is 0.208 e. The molecule has 0 bridgehead atoms. The molecular weight excluding hydrogens is 254 g/mol. The van der Waals surface area contributed by atoms with Gasteiger partial charge in [-0.3, -0.25) is 0 Å². The summed E-state index contributed by atoms with van der Waals surface area (Å²) in [5.41, 5.74) is 0.758. The first-order valence-corrected chi connectivity index (χ1v) is 7.34. The Balaban J connectivity index is 2.21. The predicted octanol–water partition coefficient (Wildman–Crippen LogP) is 1.67. The molecule has 0 spiro atoms. The molecule has 1 aromatic heterocycles. The lowest BCUT2D eigenvalue weighted by Gasteiger charge is -2.12. The number of methoxy groups -OCH3 is 1. The standard InChI is InChI=1S/C12H15NO4S/c1-16-12(8-13-18(2,14)15)11-7-9-5-3-4-6-10(9)17-11/h3-7,12-13H,8H2,1-2H3. The molecule has 2 rings (SSSR count). The molecule has 1 heterocycles. The predicted molar refractivity (Wildman–Crippen MR) is 68.8 cm³/mol. The van der Waals surface area contributed by atoms with Crippen molar-refractivity contribution < 1.29 is 17.6 Å². The quantitative estimate of drug-likeness (QED) is 0.896. The molecule has 0 saturated heterocycles. The van der Waals surface area contributed by atoms with E-state index in [2.05, 4.69) is 4.72 Å². The first kappa shape index (κ1) is 13.1. The number of benzene rings is 1. The molecule has 6 heteroatoms. The van der Waals surface area contributed by atoms with E-state index in [9.17, 15) is 8.42 Å². The summed E-state index contributed by atoms with van der Waals surface area (Å²) in [6, 6.07) is 9.44. The fourth-order valence-corrected chi connectivity index (χ4v) is 2.14. The van der Waals surface area contributed by atoms with Gasteiger partial charge in [0.05, 0.1) is 6.26 Å². The van der Waals surface area contributed by atoms with Crippen molar-refractivity contribution in [1.82, 2.24) is 4.72 Å². The van der Waals surface area contributed by atoms with Crippen molar-refractivity contribution in [3.63, 3.8) is 0 Å². The molecule has 0 amide bonds. The van der Waals surface area contributed by atoms with E-state index >= 15 is 0 Å². The Morgan fingerprint density at radius 1 is 1.39 bits per heavy atom. The lowest BCUT2D eigenvalue weighted by atomic mass is 10.2. The Morgan fingerprint density at radius 3 is 2.72 bits per heavy atom. The van der Waals surface area contributed by atoms with E-state index in [1.807, 2.05) is 30.3 Å². The van der Waals surface area contributed by atoms with Crippen molar-refractivity contribution >= 4 is 21.0 Å². The number of rotatable bonds is 5. The summed E-state index contributed by atoms with van der Waals surface area (Å²) in [4.78, 5) is 0. The fraction of sp³-hybridized carbons (Fsp3) is 0.333. The molecule has 0 aliphatic heterocycles. The van der Waals surface area contributed by atoms with Gasteiger partial charge in [0, 0.05) is 19.0 Å². The largest absolute Gasteiger partial charge is 0.458 e. The summed E-state index contributed by atoms with van der Waals surface area (Å²) < 4.78 is 35.4. The van der Waals surface area contributed by atoms with Crippen LogP contribution in [0.25, 0.3) is 11.0 Å². The summed E-state index contributed by atoms with van der Waals surface area (Å²) in [5.74, 6) is 0.606. The van der Waals surface area contributed by atoms with Gasteiger partial charge in [-0.05, 0) is 12.1 Å². The molecule has 1 aromatic carbocycles. The van der Waals surface area contributed by atoms with Gasteiger partial charge in [0.2, 0.25) is 10.0 Å². The van der Waals surface area contributed by atoms with Crippen LogP contribution in [0.1, 0.15) is 11.9 Å². The summed E-state index contributed by atoms with van der Waals surface area (Å²) >= 11 is 0. The van der Waals surface area contributed by atoms with Crippen LogP contribution in [-0.2, 0) is 14.8 Å². The van der Waals surface area contributed by atoms with Gasteiger partial charge in [-0.25, -0.2) is 13.1 Å². The van der Waals surface area contributed by atoms with E-state index in [1.54, 1.807) is 0 Å². The van der Waals surface area contributed by atoms with Crippen LogP contribution < -0.4 is 4.72 Å². The van der Waals surface area contributed by atoms with Gasteiger partial charge in [-0.1, -0.05) is 18.2 Å². The van der Waals surface area contributed by atoms with Crippen LogP contribution in [0, 0.1) is 0 Å². The van der Waals surface area contributed by atoms with E-state index in [0.717, 1.165) is 17.2 Å². The van der Waals surface area contributed by atoms with Crippen LogP contribution in [0.2, 0.25) is 0 Å². The SMILES string of the molecule is COC(CNS(C)(=O)=O)c1cc2ccccc2o1. The first-order valence-electron chi connectivity index (χ1n) is 5.45. The molecule has 0 aliphatic carbocycles. The number of fused-ring (bicyclic) bond motifs is 1.